The Morgan fingerprint density at radius 3 is 2.48 bits per heavy atom. The number of benzene rings is 2. The van der Waals surface area contributed by atoms with Gasteiger partial charge in [0.1, 0.15) is 11.6 Å². The molecule has 0 aliphatic heterocycles. The molecule has 25 heavy (non-hydrogen) atoms. The topological polar surface area (TPSA) is 75.6 Å². The predicted molar refractivity (Wildman–Crippen MR) is 91.2 cm³/mol. The average Bonchev–Trinajstić information content (AvgIpc) is 2.59. The van der Waals surface area contributed by atoms with E-state index < -0.39 is 17.8 Å². The molecular formula is C19H20FNO4. The summed E-state index contributed by atoms with van der Waals surface area (Å²) in [6.07, 6.45) is 0.681. The number of methoxy groups -OCH3 is 1. The van der Waals surface area contributed by atoms with Crippen molar-refractivity contribution >= 4 is 11.9 Å². The summed E-state index contributed by atoms with van der Waals surface area (Å²) in [6, 6.07) is 10.4. The molecule has 2 aromatic carbocycles. The van der Waals surface area contributed by atoms with Crippen LogP contribution >= 0.6 is 0 Å². The Labute approximate surface area is 145 Å². The third-order valence-electron chi connectivity index (χ3n) is 3.88. The van der Waals surface area contributed by atoms with Crippen molar-refractivity contribution in [2.45, 2.75) is 25.8 Å². The van der Waals surface area contributed by atoms with Crippen molar-refractivity contribution in [1.82, 2.24) is 5.32 Å². The number of hydrogen-bond donors (Lipinski definition) is 2. The highest BCUT2D eigenvalue weighted by Gasteiger charge is 2.18. The number of carbonyl (C=O) groups excluding carboxylic acids is 1. The standard InChI is InChI=1S/C19H20FNO4/c1-12(18-15(20)4-3-5-16(18)25-2)21-17(22)11-8-13-6-9-14(10-7-13)19(23)24/h3-7,9-10,12H,8,11H2,1-2H3,(H,21,22)(H,23,24). The lowest BCUT2D eigenvalue weighted by Crippen LogP contribution is -2.27. The average molecular weight is 345 g/mol. The van der Waals surface area contributed by atoms with Crippen LogP contribution in [0.3, 0.4) is 0 Å². The fourth-order valence-electron chi connectivity index (χ4n) is 2.57. The Balaban J connectivity index is 1.95. The van der Waals surface area contributed by atoms with E-state index in [1.165, 1.54) is 25.3 Å². The second-order valence-electron chi connectivity index (χ2n) is 5.65. The highest BCUT2D eigenvalue weighted by atomic mass is 19.1. The zero-order chi connectivity index (χ0) is 18.4. The Kier molecular flexibility index (Phi) is 6.11. The number of hydrogen-bond acceptors (Lipinski definition) is 3. The first-order chi connectivity index (χ1) is 11.9. The molecule has 6 heteroatoms. The molecule has 0 saturated heterocycles. The highest BCUT2D eigenvalue weighted by molar-refractivity contribution is 5.87. The van der Waals surface area contributed by atoms with Gasteiger partial charge in [-0.3, -0.25) is 4.79 Å². The van der Waals surface area contributed by atoms with Gasteiger partial charge in [-0.05, 0) is 43.2 Å². The molecule has 0 aliphatic carbocycles. The molecule has 132 valence electrons. The molecule has 2 N–H and O–H groups in total. The van der Waals surface area contributed by atoms with Crippen LogP contribution < -0.4 is 10.1 Å². The summed E-state index contributed by atoms with van der Waals surface area (Å²) in [5, 5.41) is 11.6. The highest BCUT2D eigenvalue weighted by Crippen LogP contribution is 2.27. The lowest BCUT2D eigenvalue weighted by molar-refractivity contribution is -0.121. The fourth-order valence-corrected chi connectivity index (χ4v) is 2.57. The molecule has 1 amide bonds. The van der Waals surface area contributed by atoms with Gasteiger partial charge >= 0.3 is 5.97 Å². The number of carboxylic acid groups (broad SMARTS) is 1. The molecule has 0 saturated carbocycles. The van der Waals surface area contributed by atoms with Gasteiger partial charge in [-0.15, -0.1) is 0 Å². The second-order valence-corrected chi connectivity index (χ2v) is 5.65. The summed E-state index contributed by atoms with van der Waals surface area (Å²) < 4.78 is 19.2. The molecule has 1 unspecified atom stereocenters. The number of carboxylic acids is 1. The van der Waals surface area contributed by atoms with Gasteiger partial charge in [-0.25, -0.2) is 9.18 Å². The van der Waals surface area contributed by atoms with Crippen molar-refractivity contribution in [3.8, 4) is 5.75 Å². The van der Waals surface area contributed by atoms with Crippen molar-refractivity contribution < 1.29 is 23.8 Å². The van der Waals surface area contributed by atoms with Crippen LogP contribution in [0.5, 0.6) is 5.75 Å². The van der Waals surface area contributed by atoms with E-state index >= 15 is 0 Å². The number of amides is 1. The SMILES string of the molecule is COc1cccc(F)c1C(C)NC(=O)CCc1ccc(C(=O)O)cc1. The van der Waals surface area contributed by atoms with Crippen LogP contribution in [0.15, 0.2) is 42.5 Å². The minimum Gasteiger partial charge on any atom is -0.496 e. The Morgan fingerprint density at radius 1 is 1.20 bits per heavy atom. The van der Waals surface area contributed by atoms with Crippen LogP contribution in [-0.4, -0.2) is 24.1 Å². The molecule has 0 radical (unpaired) electrons. The number of ether oxygens (including phenoxy) is 1. The first-order valence-corrected chi connectivity index (χ1v) is 7.86. The maximum absolute atomic E-state index is 14.0. The van der Waals surface area contributed by atoms with Crippen LogP contribution in [0.1, 0.15) is 40.9 Å². The minimum atomic E-state index is -0.989. The van der Waals surface area contributed by atoms with E-state index in [0.29, 0.717) is 17.7 Å². The van der Waals surface area contributed by atoms with E-state index in [2.05, 4.69) is 5.32 Å². The minimum absolute atomic E-state index is 0.202. The summed E-state index contributed by atoms with van der Waals surface area (Å²) in [6.45, 7) is 1.69. The van der Waals surface area contributed by atoms with Gasteiger partial charge in [0.05, 0.1) is 24.3 Å². The smallest absolute Gasteiger partial charge is 0.335 e. The summed E-state index contributed by atoms with van der Waals surface area (Å²) in [4.78, 5) is 22.9. The summed E-state index contributed by atoms with van der Waals surface area (Å²) in [5.41, 5.74) is 1.37. The van der Waals surface area contributed by atoms with E-state index in [0.717, 1.165) is 5.56 Å². The van der Waals surface area contributed by atoms with Gasteiger partial charge in [-0.1, -0.05) is 18.2 Å². The van der Waals surface area contributed by atoms with Crippen molar-refractivity contribution in [2.75, 3.05) is 7.11 Å². The van der Waals surface area contributed by atoms with E-state index in [1.807, 2.05) is 0 Å². The maximum atomic E-state index is 14.0. The van der Waals surface area contributed by atoms with Gasteiger partial charge in [-0.2, -0.15) is 0 Å². The van der Waals surface area contributed by atoms with Gasteiger partial charge in [0.25, 0.3) is 0 Å². The number of nitrogens with one attached hydrogen (secondary N) is 1. The molecule has 0 heterocycles. The van der Waals surface area contributed by atoms with Gasteiger partial charge in [0.2, 0.25) is 5.91 Å². The lowest BCUT2D eigenvalue weighted by atomic mass is 10.0. The fraction of sp³-hybridized carbons (Fsp3) is 0.263. The molecule has 0 fully saturated rings. The number of rotatable bonds is 7. The summed E-state index contributed by atoms with van der Waals surface area (Å²) in [5.74, 6) is -1.26. The Bertz CT molecular complexity index is 759. The molecule has 5 nitrogen and oxygen atoms in total. The normalized spacial score (nSPS) is 11.6. The number of aromatic carboxylic acids is 1. The molecule has 0 aliphatic rings. The van der Waals surface area contributed by atoms with Crippen LogP contribution in [0.25, 0.3) is 0 Å². The van der Waals surface area contributed by atoms with Crippen LogP contribution in [0.4, 0.5) is 4.39 Å². The largest absolute Gasteiger partial charge is 0.496 e. The molecule has 2 rings (SSSR count). The van der Waals surface area contributed by atoms with E-state index in [1.54, 1.807) is 31.2 Å². The van der Waals surface area contributed by atoms with Crippen molar-refractivity contribution in [2.24, 2.45) is 0 Å². The van der Waals surface area contributed by atoms with Crippen LogP contribution in [0, 0.1) is 5.82 Å². The third kappa shape index (κ3) is 4.79. The van der Waals surface area contributed by atoms with E-state index in [9.17, 15) is 14.0 Å². The maximum Gasteiger partial charge on any atom is 0.335 e. The van der Waals surface area contributed by atoms with Crippen molar-refractivity contribution in [3.05, 3.63) is 65.0 Å². The van der Waals surface area contributed by atoms with E-state index in [4.69, 9.17) is 9.84 Å². The molecule has 2 aromatic rings. The molecular weight excluding hydrogens is 325 g/mol. The molecule has 1 atom stereocenters. The molecule has 0 aromatic heterocycles. The number of aryl methyl sites for hydroxylation is 1. The summed E-state index contributed by atoms with van der Waals surface area (Å²) >= 11 is 0. The predicted octanol–water partition coefficient (Wildman–Crippen LogP) is 3.34. The van der Waals surface area contributed by atoms with Crippen LogP contribution in [0.2, 0.25) is 0 Å². The quantitative estimate of drug-likeness (QED) is 0.807. The van der Waals surface area contributed by atoms with Crippen LogP contribution in [-0.2, 0) is 11.2 Å². The molecule has 0 spiro atoms. The number of halogens is 1. The third-order valence-corrected chi connectivity index (χ3v) is 3.88. The second kappa shape index (κ2) is 8.28. The zero-order valence-corrected chi connectivity index (χ0v) is 14.1. The van der Waals surface area contributed by atoms with Gasteiger partial charge in [0, 0.05) is 6.42 Å². The Hall–Kier alpha value is -2.89. The van der Waals surface area contributed by atoms with Crippen molar-refractivity contribution in [3.63, 3.8) is 0 Å². The van der Waals surface area contributed by atoms with Gasteiger partial charge in [0.15, 0.2) is 0 Å². The van der Waals surface area contributed by atoms with E-state index in [-0.39, 0.29) is 17.9 Å². The number of carbonyl (C=O) groups is 2. The first kappa shape index (κ1) is 18.4. The molecule has 0 bridgehead atoms. The Morgan fingerprint density at radius 2 is 1.88 bits per heavy atom. The first-order valence-electron chi connectivity index (χ1n) is 7.86. The summed E-state index contributed by atoms with van der Waals surface area (Å²) in [7, 11) is 1.45. The lowest BCUT2D eigenvalue weighted by Gasteiger charge is -2.18. The zero-order valence-electron chi connectivity index (χ0n) is 14.1. The van der Waals surface area contributed by atoms with Crippen molar-refractivity contribution in [1.29, 1.82) is 0 Å². The van der Waals surface area contributed by atoms with Gasteiger partial charge < -0.3 is 15.2 Å². The monoisotopic (exact) mass is 345 g/mol.